The van der Waals surface area contributed by atoms with Gasteiger partial charge in [-0.2, -0.15) is 0 Å². The van der Waals surface area contributed by atoms with Crippen molar-refractivity contribution in [3.8, 4) is 0 Å². The van der Waals surface area contributed by atoms with Crippen LogP contribution in [0.2, 0.25) is 0 Å². The van der Waals surface area contributed by atoms with Crippen molar-refractivity contribution in [3.63, 3.8) is 0 Å². The Labute approximate surface area is 171 Å². The number of para-hydroxylation sites is 1. The predicted molar refractivity (Wildman–Crippen MR) is 116 cm³/mol. The number of aryl methyl sites for hydroxylation is 1. The van der Waals surface area contributed by atoms with Crippen molar-refractivity contribution in [2.24, 2.45) is 4.99 Å². The summed E-state index contributed by atoms with van der Waals surface area (Å²) in [6.07, 6.45) is 0.761. The first-order valence-electron chi connectivity index (χ1n) is 9.39. The van der Waals surface area contributed by atoms with Crippen molar-refractivity contribution < 1.29 is 8.42 Å². The van der Waals surface area contributed by atoms with Gasteiger partial charge in [-0.15, -0.1) is 11.3 Å². The van der Waals surface area contributed by atoms with E-state index in [2.05, 4.69) is 15.3 Å². The summed E-state index contributed by atoms with van der Waals surface area (Å²) in [6.45, 7) is 6.04. The summed E-state index contributed by atoms with van der Waals surface area (Å²) in [7, 11) is -1.46. The smallest absolute Gasteiger partial charge is 0.237 e. The molecule has 1 aliphatic rings. The second-order valence-corrected chi connectivity index (χ2v) is 9.79. The minimum atomic E-state index is -3.40. The summed E-state index contributed by atoms with van der Waals surface area (Å²) in [5.41, 5.74) is 2.87. The second kappa shape index (κ2) is 8.91. The van der Waals surface area contributed by atoms with Gasteiger partial charge in [0.15, 0.2) is 5.96 Å². The van der Waals surface area contributed by atoms with Crippen LogP contribution in [0.4, 0.5) is 5.69 Å². The number of thiazole rings is 1. The van der Waals surface area contributed by atoms with E-state index in [-0.39, 0.29) is 12.3 Å². The van der Waals surface area contributed by atoms with Crippen LogP contribution in [0.5, 0.6) is 0 Å². The Morgan fingerprint density at radius 3 is 2.89 bits per heavy atom. The van der Waals surface area contributed by atoms with Gasteiger partial charge in [0.05, 0.1) is 35.2 Å². The normalized spacial score (nSPS) is 14.2. The van der Waals surface area contributed by atoms with Crippen LogP contribution in [0.3, 0.4) is 0 Å². The van der Waals surface area contributed by atoms with Crippen molar-refractivity contribution in [1.29, 1.82) is 0 Å². The Bertz CT molecular complexity index is 939. The van der Waals surface area contributed by atoms with E-state index in [9.17, 15) is 8.42 Å². The minimum Gasteiger partial charge on any atom is -0.357 e. The molecule has 152 valence electrons. The van der Waals surface area contributed by atoms with Gasteiger partial charge in [-0.1, -0.05) is 18.2 Å². The van der Waals surface area contributed by atoms with Crippen LogP contribution in [0.1, 0.15) is 23.2 Å². The molecule has 0 saturated heterocycles. The summed E-state index contributed by atoms with van der Waals surface area (Å²) in [4.78, 5) is 11.0. The number of guanidine groups is 1. The van der Waals surface area contributed by atoms with E-state index in [1.807, 2.05) is 55.4 Å². The predicted octanol–water partition coefficient (Wildman–Crippen LogP) is 2.24. The number of benzene rings is 1. The zero-order valence-corrected chi connectivity index (χ0v) is 18.2. The van der Waals surface area contributed by atoms with Crippen molar-refractivity contribution in [1.82, 2.24) is 15.2 Å². The number of aromatic nitrogens is 1. The standard InChI is InChI=1S/C19H27N5O2S2/c1-4-20-19(23(3)13-17-14-27-15(2)22-17)21-10-12-28(25,26)24-11-9-16-7-5-6-8-18(16)24/h5-8,14H,4,9-13H2,1-3H3,(H,20,21). The van der Waals surface area contributed by atoms with E-state index < -0.39 is 10.0 Å². The fraction of sp³-hybridized carbons (Fsp3) is 0.474. The van der Waals surface area contributed by atoms with Crippen LogP contribution in [-0.4, -0.2) is 56.7 Å². The SMILES string of the molecule is CCNC(=NCCS(=O)(=O)N1CCc2ccccc21)N(C)Cc1csc(C)n1. The van der Waals surface area contributed by atoms with E-state index in [1.54, 1.807) is 11.3 Å². The number of nitrogens with one attached hydrogen (secondary N) is 1. The maximum Gasteiger partial charge on any atom is 0.237 e. The van der Waals surface area contributed by atoms with Gasteiger partial charge < -0.3 is 10.2 Å². The lowest BCUT2D eigenvalue weighted by Gasteiger charge is -2.22. The van der Waals surface area contributed by atoms with Crippen LogP contribution in [-0.2, 0) is 23.0 Å². The second-order valence-electron chi connectivity index (χ2n) is 6.72. The number of fused-ring (bicyclic) bond motifs is 1. The Hall–Kier alpha value is -2.13. The first kappa shape index (κ1) is 20.6. The van der Waals surface area contributed by atoms with Gasteiger partial charge in [-0.3, -0.25) is 9.30 Å². The molecule has 0 bridgehead atoms. The zero-order valence-electron chi connectivity index (χ0n) is 16.6. The maximum absolute atomic E-state index is 12.8. The molecule has 0 aliphatic carbocycles. The third-order valence-electron chi connectivity index (χ3n) is 4.55. The first-order chi connectivity index (χ1) is 13.4. The Balaban J connectivity index is 1.64. The van der Waals surface area contributed by atoms with Crippen LogP contribution < -0.4 is 9.62 Å². The average Bonchev–Trinajstić information content (AvgIpc) is 3.27. The third-order valence-corrected chi connectivity index (χ3v) is 7.12. The molecule has 1 aromatic heterocycles. The summed E-state index contributed by atoms with van der Waals surface area (Å²) >= 11 is 1.62. The molecule has 7 nitrogen and oxygen atoms in total. The van der Waals surface area contributed by atoms with Gasteiger partial charge in [0.25, 0.3) is 0 Å². The van der Waals surface area contributed by atoms with Gasteiger partial charge in [-0.05, 0) is 31.9 Å². The van der Waals surface area contributed by atoms with E-state index in [4.69, 9.17) is 0 Å². The Kier molecular flexibility index (Phi) is 6.56. The monoisotopic (exact) mass is 421 g/mol. The number of anilines is 1. The summed E-state index contributed by atoms with van der Waals surface area (Å²) < 4.78 is 27.1. The minimum absolute atomic E-state index is 0.0140. The molecule has 0 unspecified atom stereocenters. The molecule has 1 aromatic carbocycles. The number of rotatable bonds is 7. The molecule has 0 atom stereocenters. The molecule has 0 saturated carbocycles. The molecule has 2 aromatic rings. The highest BCUT2D eigenvalue weighted by Gasteiger charge is 2.28. The van der Waals surface area contributed by atoms with Crippen molar-refractivity contribution >= 4 is 33.0 Å². The molecular formula is C19H27N5O2S2. The highest BCUT2D eigenvalue weighted by Crippen LogP contribution is 2.29. The van der Waals surface area contributed by atoms with Crippen molar-refractivity contribution in [3.05, 3.63) is 45.9 Å². The third kappa shape index (κ3) is 4.82. The van der Waals surface area contributed by atoms with Crippen molar-refractivity contribution in [2.45, 2.75) is 26.8 Å². The van der Waals surface area contributed by atoms with E-state index in [0.717, 1.165) is 28.4 Å². The van der Waals surface area contributed by atoms with Gasteiger partial charge in [0.2, 0.25) is 10.0 Å². The van der Waals surface area contributed by atoms with E-state index in [0.29, 0.717) is 25.6 Å². The fourth-order valence-electron chi connectivity index (χ4n) is 3.24. The Morgan fingerprint density at radius 1 is 1.39 bits per heavy atom. The van der Waals surface area contributed by atoms with Crippen LogP contribution >= 0.6 is 11.3 Å². The van der Waals surface area contributed by atoms with E-state index >= 15 is 0 Å². The molecular weight excluding hydrogens is 394 g/mol. The molecule has 0 amide bonds. The summed E-state index contributed by atoms with van der Waals surface area (Å²) in [6, 6.07) is 7.68. The average molecular weight is 422 g/mol. The molecule has 1 aliphatic heterocycles. The highest BCUT2D eigenvalue weighted by atomic mass is 32.2. The molecule has 2 heterocycles. The lowest BCUT2D eigenvalue weighted by molar-refractivity contribution is 0.471. The first-order valence-corrected chi connectivity index (χ1v) is 11.9. The molecule has 0 radical (unpaired) electrons. The molecule has 1 N–H and O–H groups in total. The molecule has 0 fully saturated rings. The number of sulfonamides is 1. The zero-order chi connectivity index (χ0) is 20.1. The topological polar surface area (TPSA) is 77.9 Å². The Morgan fingerprint density at radius 2 is 2.18 bits per heavy atom. The quantitative estimate of drug-likeness (QED) is 0.548. The van der Waals surface area contributed by atoms with Crippen molar-refractivity contribution in [2.75, 3.05) is 36.7 Å². The summed E-state index contributed by atoms with van der Waals surface area (Å²) in [5.74, 6) is 0.671. The molecule has 28 heavy (non-hydrogen) atoms. The van der Waals surface area contributed by atoms with Crippen LogP contribution in [0.15, 0.2) is 34.6 Å². The highest BCUT2D eigenvalue weighted by molar-refractivity contribution is 7.92. The lowest BCUT2D eigenvalue weighted by Crippen LogP contribution is -2.39. The largest absolute Gasteiger partial charge is 0.357 e. The number of nitrogens with zero attached hydrogens (tertiary/aromatic N) is 4. The van der Waals surface area contributed by atoms with Crippen LogP contribution in [0, 0.1) is 6.92 Å². The number of aliphatic imine (C=N–C) groups is 1. The maximum atomic E-state index is 12.8. The lowest BCUT2D eigenvalue weighted by atomic mass is 10.2. The van der Waals surface area contributed by atoms with Gasteiger partial charge in [0.1, 0.15) is 0 Å². The van der Waals surface area contributed by atoms with Gasteiger partial charge >= 0.3 is 0 Å². The van der Waals surface area contributed by atoms with Gasteiger partial charge in [-0.25, -0.2) is 13.4 Å². The number of hydrogen-bond acceptors (Lipinski definition) is 5. The molecule has 9 heteroatoms. The van der Waals surface area contributed by atoms with Crippen LogP contribution in [0.25, 0.3) is 0 Å². The summed E-state index contributed by atoms with van der Waals surface area (Å²) in [5, 5.41) is 6.29. The van der Waals surface area contributed by atoms with E-state index in [1.165, 1.54) is 4.31 Å². The molecule has 3 rings (SSSR count). The van der Waals surface area contributed by atoms with Gasteiger partial charge in [0, 0.05) is 25.5 Å². The number of hydrogen-bond donors (Lipinski definition) is 1. The molecule has 0 spiro atoms. The fourth-order valence-corrected chi connectivity index (χ4v) is 5.24.